The second-order valence-electron chi connectivity index (χ2n) is 7.80. The third-order valence-corrected chi connectivity index (χ3v) is 6.25. The average Bonchev–Trinajstić information content (AvgIpc) is 2.83. The van der Waals surface area contributed by atoms with E-state index in [1.807, 2.05) is 24.3 Å². The van der Waals surface area contributed by atoms with Gasteiger partial charge in [0.05, 0.1) is 13.5 Å². The Morgan fingerprint density at radius 1 is 0.912 bits per heavy atom. The van der Waals surface area contributed by atoms with Crippen LogP contribution in [0.2, 0.25) is 15.1 Å². The summed E-state index contributed by atoms with van der Waals surface area (Å²) in [7, 11) is 1.59. The SMILES string of the molecule is COc1ccc(CN(C(=O)Cc2ccc(Cl)cc2)[C@@H](C)C(=O)NCc2ccc(Cl)cc2Cl)cc1. The smallest absolute Gasteiger partial charge is 0.242 e. The zero-order chi connectivity index (χ0) is 24.7. The van der Waals surface area contributed by atoms with E-state index in [0.29, 0.717) is 20.8 Å². The highest BCUT2D eigenvalue weighted by molar-refractivity contribution is 6.35. The van der Waals surface area contributed by atoms with E-state index in [0.717, 1.165) is 16.7 Å². The predicted molar refractivity (Wildman–Crippen MR) is 136 cm³/mol. The van der Waals surface area contributed by atoms with Crippen LogP contribution in [0.25, 0.3) is 0 Å². The lowest BCUT2D eigenvalue weighted by atomic mass is 10.1. The Morgan fingerprint density at radius 2 is 1.53 bits per heavy atom. The third-order valence-electron chi connectivity index (χ3n) is 5.42. The Labute approximate surface area is 214 Å². The number of rotatable bonds is 9. The highest BCUT2D eigenvalue weighted by Gasteiger charge is 2.26. The first-order valence-corrected chi connectivity index (χ1v) is 11.8. The second-order valence-corrected chi connectivity index (χ2v) is 9.08. The molecule has 0 saturated carbocycles. The van der Waals surface area contributed by atoms with Gasteiger partial charge in [-0.3, -0.25) is 9.59 Å². The molecule has 0 aliphatic carbocycles. The number of ether oxygens (including phenoxy) is 1. The fourth-order valence-corrected chi connectivity index (χ4v) is 3.99. The summed E-state index contributed by atoms with van der Waals surface area (Å²) in [4.78, 5) is 27.9. The number of halogens is 3. The topological polar surface area (TPSA) is 58.6 Å². The average molecular weight is 520 g/mol. The summed E-state index contributed by atoms with van der Waals surface area (Å²) < 4.78 is 5.21. The molecule has 178 valence electrons. The van der Waals surface area contributed by atoms with Gasteiger partial charge >= 0.3 is 0 Å². The van der Waals surface area contributed by atoms with Crippen LogP contribution in [0.3, 0.4) is 0 Å². The molecule has 5 nitrogen and oxygen atoms in total. The molecule has 1 N–H and O–H groups in total. The molecule has 3 rings (SSSR count). The zero-order valence-corrected chi connectivity index (χ0v) is 21.1. The fraction of sp³-hybridized carbons (Fsp3) is 0.231. The molecule has 0 aliphatic rings. The predicted octanol–water partition coefficient (Wildman–Crippen LogP) is 5.93. The molecule has 0 aliphatic heterocycles. The van der Waals surface area contributed by atoms with Gasteiger partial charge in [-0.05, 0) is 60.0 Å². The largest absolute Gasteiger partial charge is 0.497 e. The van der Waals surface area contributed by atoms with E-state index in [-0.39, 0.29) is 31.3 Å². The minimum atomic E-state index is -0.715. The standard InChI is InChI=1S/C26H25Cl3N2O3/c1-17(26(33)30-15-20-7-10-22(28)14-24(20)29)31(16-19-5-11-23(34-2)12-6-19)25(32)13-18-3-8-21(27)9-4-18/h3-12,14,17H,13,15-16H2,1-2H3,(H,30,33)/t17-/m0/s1. The summed E-state index contributed by atoms with van der Waals surface area (Å²) in [5.41, 5.74) is 2.43. The molecule has 0 spiro atoms. The monoisotopic (exact) mass is 518 g/mol. The summed E-state index contributed by atoms with van der Waals surface area (Å²) in [6.07, 6.45) is 0.147. The van der Waals surface area contributed by atoms with Crippen LogP contribution in [0.15, 0.2) is 66.7 Å². The van der Waals surface area contributed by atoms with Crippen molar-refractivity contribution in [2.24, 2.45) is 0 Å². The van der Waals surface area contributed by atoms with Crippen LogP contribution in [0.4, 0.5) is 0 Å². The Morgan fingerprint density at radius 3 is 2.15 bits per heavy atom. The van der Waals surface area contributed by atoms with E-state index in [1.165, 1.54) is 0 Å². The van der Waals surface area contributed by atoms with E-state index in [2.05, 4.69) is 5.32 Å². The summed E-state index contributed by atoms with van der Waals surface area (Å²) in [5, 5.41) is 4.46. The van der Waals surface area contributed by atoms with Crippen LogP contribution in [-0.2, 0) is 29.1 Å². The first-order valence-electron chi connectivity index (χ1n) is 10.7. The first-order chi connectivity index (χ1) is 16.3. The summed E-state index contributed by atoms with van der Waals surface area (Å²) in [6, 6.07) is 18.9. The van der Waals surface area contributed by atoms with Gasteiger partial charge in [0.1, 0.15) is 11.8 Å². The molecule has 1 atom stereocenters. The summed E-state index contributed by atoms with van der Waals surface area (Å²) >= 11 is 18.1. The maximum absolute atomic E-state index is 13.3. The Bertz CT molecular complexity index is 1140. The molecule has 0 saturated heterocycles. The van der Waals surface area contributed by atoms with Gasteiger partial charge in [-0.1, -0.05) is 65.1 Å². The highest BCUT2D eigenvalue weighted by Crippen LogP contribution is 2.21. The van der Waals surface area contributed by atoms with Gasteiger partial charge in [0.2, 0.25) is 11.8 Å². The van der Waals surface area contributed by atoms with Gasteiger partial charge in [-0.15, -0.1) is 0 Å². The van der Waals surface area contributed by atoms with Gasteiger partial charge in [0.15, 0.2) is 0 Å². The van der Waals surface area contributed by atoms with E-state index in [4.69, 9.17) is 39.5 Å². The van der Waals surface area contributed by atoms with Crippen LogP contribution in [-0.4, -0.2) is 29.9 Å². The number of hydrogen-bond acceptors (Lipinski definition) is 3. The van der Waals surface area contributed by atoms with E-state index >= 15 is 0 Å². The van der Waals surface area contributed by atoms with E-state index in [1.54, 1.807) is 61.4 Å². The van der Waals surface area contributed by atoms with Gasteiger partial charge < -0.3 is 15.0 Å². The molecule has 34 heavy (non-hydrogen) atoms. The maximum atomic E-state index is 13.3. The number of methoxy groups -OCH3 is 1. The van der Waals surface area contributed by atoms with E-state index < -0.39 is 6.04 Å². The van der Waals surface area contributed by atoms with Crippen molar-refractivity contribution in [3.63, 3.8) is 0 Å². The maximum Gasteiger partial charge on any atom is 0.242 e. The molecule has 8 heteroatoms. The fourth-order valence-electron chi connectivity index (χ4n) is 3.38. The highest BCUT2D eigenvalue weighted by atomic mass is 35.5. The number of nitrogens with zero attached hydrogens (tertiary/aromatic N) is 1. The second kappa shape index (κ2) is 12.1. The number of nitrogens with one attached hydrogen (secondary N) is 1. The van der Waals surface area contributed by atoms with Crippen LogP contribution in [0.5, 0.6) is 5.75 Å². The lowest BCUT2D eigenvalue weighted by Crippen LogP contribution is -2.48. The lowest BCUT2D eigenvalue weighted by Gasteiger charge is -2.29. The van der Waals surface area contributed by atoms with Crippen molar-refractivity contribution >= 4 is 46.6 Å². The summed E-state index contributed by atoms with van der Waals surface area (Å²) in [6.45, 7) is 2.20. The minimum Gasteiger partial charge on any atom is -0.497 e. The van der Waals surface area contributed by atoms with Crippen molar-refractivity contribution in [1.82, 2.24) is 10.2 Å². The minimum absolute atomic E-state index is 0.147. The number of hydrogen-bond donors (Lipinski definition) is 1. The van der Waals surface area contributed by atoms with E-state index in [9.17, 15) is 9.59 Å². The van der Waals surface area contributed by atoms with Crippen LogP contribution >= 0.6 is 34.8 Å². The molecule has 0 unspecified atom stereocenters. The van der Waals surface area contributed by atoms with Crippen LogP contribution < -0.4 is 10.1 Å². The van der Waals surface area contributed by atoms with Crippen molar-refractivity contribution in [3.8, 4) is 5.75 Å². The number of carbonyl (C=O) groups is 2. The molecular weight excluding hydrogens is 495 g/mol. The molecule has 0 heterocycles. The molecule has 3 aromatic carbocycles. The Balaban J connectivity index is 1.76. The van der Waals surface area contributed by atoms with Gasteiger partial charge in [-0.2, -0.15) is 0 Å². The molecule has 0 fully saturated rings. The Kier molecular flexibility index (Phi) is 9.22. The van der Waals surface area contributed by atoms with Gasteiger partial charge in [0.25, 0.3) is 0 Å². The van der Waals surface area contributed by atoms with Crippen molar-refractivity contribution in [2.45, 2.75) is 32.5 Å². The number of amides is 2. The normalized spacial score (nSPS) is 11.6. The molecule has 0 radical (unpaired) electrons. The molecule has 0 bridgehead atoms. The lowest BCUT2D eigenvalue weighted by molar-refractivity contribution is -0.140. The molecule has 2 amide bonds. The van der Waals surface area contributed by atoms with Gasteiger partial charge in [-0.25, -0.2) is 0 Å². The molecule has 0 aromatic heterocycles. The van der Waals surface area contributed by atoms with Gasteiger partial charge in [0, 0.05) is 28.2 Å². The van der Waals surface area contributed by atoms with Crippen molar-refractivity contribution < 1.29 is 14.3 Å². The van der Waals surface area contributed by atoms with Crippen molar-refractivity contribution in [2.75, 3.05) is 7.11 Å². The van der Waals surface area contributed by atoms with Crippen LogP contribution in [0.1, 0.15) is 23.6 Å². The van der Waals surface area contributed by atoms with Crippen molar-refractivity contribution in [3.05, 3.63) is 98.5 Å². The van der Waals surface area contributed by atoms with Crippen molar-refractivity contribution in [1.29, 1.82) is 0 Å². The Hall–Kier alpha value is -2.73. The zero-order valence-electron chi connectivity index (χ0n) is 18.9. The molecule has 3 aromatic rings. The van der Waals surface area contributed by atoms with Crippen LogP contribution in [0, 0.1) is 0 Å². The number of carbonyl (C=O) groups excluding carboxylic acids is 2. The first kappa shape index (κ1) is 25.9. The number of benzene rings is 3. The quantitative estimate of drug-likeness (QED) is 0.381. The summed E-state index contributed by atoms with van der Waals surface area (Å²) in [5.74, 6) is 0.253. The molecular formula is C26H25Cl3N2O3. The third kappa shape index (κ3) is 7.13.